The van der Waals surface area contributed by atoms with E-state index in [0.29, 0.717) is 6.10 Å². The second-order valence-corrected chi connectivity index (χ2v) is 5.75. The van der Waals surface area contributed by atoms with Gasteiger partial charge in [-0.3, -0.25) is 0 Å². The highest BCUT2D eigenvalue weighted by atomic mass is 16.5. The van der Waals surface area contributed by atoms with Crippen LogP contribution in [-0.4, -0.2) is 37.2 Å². The summed E-state index contributed by atoms with van der Waals surface area (Å²) >= 11 is 0. The minimum absolute atomic E-state index is 0.0685. The molecular formula is C17H24N2O2. The number of nitrogens with two attached hydrogens (primary N) is 1. The van der Waals surface area contributed by atoms with Crippen LogP contribution < -0.4 is 5.73 Å². The fourth-order valence-corrected chi connectivity index (χ4v) is 3.05. The maximum absolute atomic E-state index is 6.32. The largest absolute Gasteiger partial charge is 0.459 e. The van der Waals surface area contributed by atoms with Crippen LogP contribution >= 0.6 is 0 Å². The molecule has 2 heterocycles. The molecule has 114 valence electrons. The first-order valence-electron chi connectivity index (χ1n) is 7.84. The maximum Gasteiger partial charge on any atom is 0.134 e. The Balaban J connectivity index is 1.58. The van der Waals surface area contributed by atoms with E-state index in [1.165, 1.54) is 0 Å². The Morgan fingerprint density at radius 3 is 2.81 bits per heavy atom. The lowest BCUT2D eigenvalue weighted by Gasteiger charge is -2.32. The van der Waals surface area contributed by atoms with E-state index in [1.54, 1.807) is 0 Å². The van der Waals surface area contributed by atoms with Crippen LogP contribution in [0.1, 0.15) is 31.6 Å². The Hall–Kier alpha value is -1.36. The third kappa shape index (κ3) is 3.46. The fourth-order valence-electron chi connectivity index (χ4n) is 3.05. The van der Waals surface area contributed by atoms with Gasteiger partial charge in [0.05, 0.1) is 12.1 Å². The highest BCUT2D eigenvalue weighted by molar-refractivity contribution is 5.77. The summed E-state index contributed by atoms with van der Waals surface area (Å²) in [5.41, 5.74) is 7.23. The maximum atomic E-state index is 6.32. The Labute approximate surface area is 125 Å². The van der Waals surface area contributed by atoms with Gasteiger partial charge in [-0.1, -0.05) is 18.2 Å². The zero-order valence-electron chi connectivity index (χ0n) is 12.6. The highest BCUT2D eigenvalue weighted by Crippen LogP contribution is 2.24. The molecule has 1 unspecified atom stereocenters. The van der Waals surface area contributed by atoms with Crippen molar-refractivity contribution in [1.29, 1.82) is 0 Å². The summed E-state index contributed by atoms with van der Waals surface area (Å²) in [5, 5.41) is 1.12. The van der Waals surface area contributed by atoms with Crippen LogP contribution in [0.5, 0.6) is 0 Å². The molecule has 1 aromatic heterocycles. The molecule has 2 aromatic rings. The Morgan fingerprint density at radius 2 is 2.10 bits per heavy atom. The third-order valence-corrected chi connectivity index (χ3v) is 4.20. The summed E-state index contributed by atoms with van der Waals surface area (Å²) < 4.78 is 11.5. The third-order valence-electron chi connectivity index (χ3n) is 4.20. The normalized spacial score (nSPS) is 19.1. The van der Waals surface area contributed by atoms with Gasteiger partial charge in [0.2, 0.25) is 0 Å². The van der Waals surface area contributed by atoms with Gasteiger partial charge in [-0.15, -0.1) is 0 Å². The standard InChI is InChI=1S/C17H24N2O2/c1-2-20-14-7-9-19(10-8-14)12-15(18)17-11-13-5-3-4-6-16(13)21-17/h3-6,11,14-15H,2,7-10,12,18H2,1H3. The number of para-hydroxylation sites is 1. The van der Waals surface area contributed by atoms with Crippen molar-refractivity contribution in [3.05, 3.63) is 36.1 Å². The Morgan fingerprint density at radius 1 is 1.33 bits per heavy atom. The van der Waals surface area contributed by atoms with Gasteiger partial charge in [-0.25, -0.2) is 0 Å². The molecule has 4 nitrogen and oxygen atoms in total. The lowest BCUT2D eigenvalue weighted by molar-refractivity contribution is 0.0128. The van der Waals surface area contributed by atoms with Crippen molar-refractivity contribution >= 4 is 11.0 Å². The molecular weight excluding hydrogens is 264 g/mol. The molecule has 1 saturated heterocycles. The van der Waals surface area contributed by atoms with E-state index in [4.69, 9.17) is 14.9 Å². The van der Waals surface area contributed by atoms with Gasteiger partial charge in [0.15, 0.2) is 0 Å². The van der Waals surface area contributed by atoms with E-state index >= 15 is 0 Å². The average Bonchev–Trinajstić information content (AvgIpc) is 2.94. The van der Waals surface area contributed by atoms with Gasteiger partial charge < -0.3 is 19.8 Å². The molecule has 21 heavy (non-hydrogen) atoms. The number of likely N-dealkylation sites (tertiary alicyclic amines) is 1. The van der Waals surface area contributed by atoms with Gasteiger partial charge in [0.25, 0.3) is 0 Å². The zero-order chi connectivity index (χ0) is 14.7. The lowest BCUT2D eigenvalue weighted by Crippen LogP contribution is -2.40. The summed E-state index contributed by atoms with van der Waals surface area (Å²) in [6.07, 6.45) is 2.62. The monoisotopic (exact) mass is 288 g/mol. The highest BCUT2D eigenvalue weighted by Gasteiger charge is 2.22. The molecule has 0 spiro atoms. The molecule has 4 heteroatoms. The molecule has 0 saturated carbocycles. The SMILES string of the molecule is CCOC1CCN(CC(N)c2cc3ccccc3o2)CC1. The molecule has 1 aliphatic heterocycles. The van der Waals surface area contributed by atoms with E-state index in [9.17, 15) is 0 Å². The quantitative estimate of drug-likeness (QED) is 0.919. The number of piperidine rings is 1. The molecule has 1 aromatic carbocycles. The number of hydrogen-bond donors (Lipinski definition) is 1. The van der Waals surface area contributed by atoms with Crippen molar-refractivity contribution in [2.75, 3.05) is 26.2 Å². The first-order chi connectivity index (χ1) is 10.3. The number of hydrogen-bond acceptors (Lipinski definition) is 4. The van der Waals surface area contributed by atoms with Crippen LogP contribution in [0, 0.1) is 0 Å². The minimum Gasteiger partial charge on any atom is -0.459 e. The van der Waals surface area contributed by atoms with Gasteiger partial charge in [0.1, 0.15) is 11.3 Å². The van der Waals surface area contributed by atoms with Crippen LogP contribution in [0.3, 0.4) is 0 Å². The van der Waals surface area contributed by atoms with E-state index in [-0.39, 0.29) is 6.04 Å². The van der Waals surface area contributed by atoms with Crippen LogP contribution in [0.2, 0.25) is 0 Å². The molecule has 2 N–H and O–H groups in total. The number of nitrogens with zero attached hydrogens (tertiary/aromatic N) is 1. The van der Waals surface area contributed by atoms with Gasteiger partial charge in [0, 0.05) is 31.6 Å². The molecule has 3 rings (SSSR count). The topological polar surface area (TPSA) is 51.6 Å². The number of ether oxygens (including phenoxy) is 1. The summed E-state index contributed by atoms with van der Waals surface area (Å²) in [7, 11) is 0. The van der Waals surface area contributed by atoms with E-state index < -0.39 is 0 Å². The molecule has 1 atom stereocenters. The molecule has 1 fully saturated rings. The molecule has 0 bridgehead atoms. The number of benzene rings is 1. The van der Waals surface area contributed by atoms with E-state index in [0.717, 1.165) is 55.8 Å². The van der Waals surface area contributed by atoms with E-state index in [1.807, 2.05) is 18.2 Å². The summed E-state index contributed by atoms with van der Waals surface area (Å²) in [6.45, 7) is 5.82. The van der Waals surface area contributed by atoms with Crippen LogP contribution in [0.4, 0.5) is 0 Å². The fraction of sp³-hybridized carbons (Fsp3) is 0.529. The van der Waals surface area contributed by atoms with Gasteiger partial charge >= 0.3 is 0 Å². The molecule has 1 aliphatic rings. The first kappa shape index (κ1) is 14.6. The van der Waals surface area contributed by atoms with Crippen molar-refractivity contribution in [2.24, 2.45) is 5.73 Å². The second kappa shape index (κ2) is 6.60. The number of rotatable bonds is 5. The van der Waals surface area contributed by atoms with Crippen LogP contribution in [0.25, 0.3) is 11.0 Å². The van der Waals surface area contributed by atoms with Crippen LogP contribution in [-0.2, 0) is 4.74 Å². The molecule has 0 amide bonds. The summed E-state index contributed by atoms with van der Waals surface area (Å²) in [6, 6.07) is 10.0. The average molecular weight is 288 g/mol. The Bertz CT molecular complexity index is 540. The predicted molar refractivity (Wildman–Crippen MR) is 84.2 cm³/mol. The van der Waals surface area contributed by atoms with Gasteiger partial charge in [-0.2, -0.15) is 0 Å². The van der Waals surface area contributed by atoms with E-state index in [2.05, 4.69) is 24.0 Å². The summed E-state index contributed by atoms with van der Waals surface area (Å²) in [5.74, 6) is 0.878. The van der Waals surface area contributed by atoms with Crippen molar-refractivity contribution in [3.63, 3.8) is 0 Å². The van der Waals surface area contributed by atoms with Crippen LogP contribution in [0.15, 0.2) is 34.7 Å². The molecule has 0 radical (unpaired) electrons. The first-order valence-corrected chi connectivity index (χ1v) is 7.84. The van der Waals surface area contributed by atoms with Crippen molar-refractivity contribution in [3.8, 4) is 0 Å². The lowest BCUT2D eigenvalue weighted by atomic mass is 10.1. The smallest absolute Gasteiger partial charge is 0.134 e. The van der Waals surface area contributed by atoms with Crippen molar-refractivity contribution in [2.45, 2.75) is 31.9 Å². The molecule has 0 aliphatic carbocycles. The van der Waals surface area contributed by atoms with Crippen molar-refractivity contribution in [1.82, 2.24) is 4.90 Å². The Kier molecular flexibility index (Phi) is 4.58. The second-order valence-electron chi connectivity index (χ2n) is 5.75. The summed E-state index contributed by atoms with van der Waals surface area (Å²) in [4.78, 5) is 2.41. The number of fused-ring (bicyclic) bond motifs is 1. The predicted octanol–water partition coefficient (Wildman–Crippen LogP) is 2.93. The number of furan rings is 1. The van der Waals surface area contributed by atoms with Gasteiger partial charge in [-0.05, 0) is 31.9 Å². The zero-order valence-corrected chi connectivity index (χ0v) is 12.6. The minimum atomic E-state index is -0.0685. The van der Waals surface area contributed by atoms with Crippen molar-refractivity contribution < 1.29 is 9.15 Å².